The molecule has 0 fully saturated rings. The van der Waals surface area contributed by atoms with Gasteiger partial charge in [0.25, 0.3) is 5.91 Å². The fourth-order valence-electron chi connectivity index (χ4n) is 1.22. The molecule has 92 valence electrons. The minimum Gasteiger partial charge on any atom is -0.350 e. The first kappa shape index (κ1) is 15.3. The topological polar surface area (TPSA) is 54.0 Å². The molecule has 0 aliphatic heterocycles. The summed E-state index contributed by atoms with van der Waals surface area (Å²) >= 11 is 1.42. The average Bonchev–Trinajstić information content (AvgIpc) is 2.62. The van der Waals surface area contributed by atoms with Crippen molar-refractivity contribution < 1.29 is 4.79 Å². The van der Waals surface area contributed by atoms with Crippen LogP contribution in [-0.2, 0) is 0 Å². The number of likely N-dealkylation sites (N-methyl/N-ethyl adjacent to an activating group) is 1. The molecule has 0 unspecified atom stereocenters. The molecule has 1 amide bonds. The summed E-state index contributed by atoms with van der Waals surface area (Å²) in [6.07, 6.45) is 1.62. The lowest BCUT2D eigenvalue weighted by molar-refractivity contribution is 0.0954. The van der Waals surface area contributed by atoms with Gasteiger partial charge in [0, 0.05) is 12.6 Å². The number of carbonyl (C=O) groups excluding carboxylic acids is 1. The lowest BCUT2D eigenvalue weighted by atomic mass is 10.3. The Morgan fingerprint density at radius 3 is 2.81 bits per heavy atom. The first-order valence-corrected chi connectivity index (χ1v) is 5.89. The quantitative estimate of drug-likeness (QED) is 0.849. The van der Waals surface area contributed by atoms with Crippen LogP contribution in [0.2, 0.25) is 0 Å². The molecule has 0 aliphatic carbocycles. The maximum atomic E-state index is 11.6. The van der Waals surface area contributed by atoms with Gasteiger partial charge >= 0.3 is 0 Å². The van der Waals surface area contributed by atoms with Crippen LogP contribution < -0.4 is 10.6 Å². The second-order valence-electron chi connectivity index (χ2n) is 3.41. The Morgan fingerprint density at radius 1 is 1.62 bits per heavy atom. The maximum absolute atomic E-state index is 11.6. The molecule has 0 saturated carbocycles. The van der Waals surface area contributed by atoms with Crippen LogP contribution in [0.4, 0.5) is 0 Å². The molecule has 1 aromatic rings. The van der Waals surface area contributed by atoms with E-state index in [2.05, 4.69) is 15.6 Å². The molecular formula is C10H18ClN3OS. The summed E-state index contributed by atoms with van der Waals surface area (Å²) in [5.74, 6) is -0.0367. The molecule has 0 spiro atoms. The normalized spacial score (nSPS) is 11.7. The van der Waals surface area contributed by atoms with E-state index in [1.165, 1.54) is 11.3 Å². The van der Waals surface area contributed by atoms with Crippen molar-refractivity contribution in [2.24, 2.45) is 0 Å². The lowest BCUT2D eigenvalue weighted by Crippen LogP contribution is -2.38. The molecule has 0 radical (unpaired) electrons. The highest BCUT2D eigenvalue weighted by molar-refractivity contribution is 7.13. The highest BCUT2D eigenvalue weighted by Crippen LogP contribution is 2.10. The third-order valence-corrected chi connectivity index (χ3v) is 2.88. The first-order chi connectivity index (χ1) is 7.13. The van der Waals surface area contributed by atoms with Crippen molar-refractivity contribution in [2.75, 3.05) is 13.1 Å². The SMILES string of the molecule is CCN[C@H](C)CNC(=O)c1cnc(C)s1.Cl. The number of aromatic nitrogens is 1. The maximum Gasteiger partial charge on any atom is 0.263 e. The van der Waals surface area contributed by atoms with Gasteiger partial charge in [0.1, 0.15) is 4.88 Å². The molecule has 4 nitrogen and oxygen atoms in total. The number of carbonyl (C=O) groups is 1. The number of amides is 1. The number of nitrogens with one attached hydrogen (secondary N) is 2. The summed E-state index contributed by atoms with van der Waals surface area (Å²) < 4.78 is 0. The first-order valence-electron chi connectivity index (χ1n) is 5.07. The minimum absolute atomic E-state index is 0. The Hall–Kier alpha value is -0.650. The Bertz CT molecular complexity index is 330. The molecule has 0 aliphatic rings. The molecule has 6 heteroatoms. The molecule has 16 heavy (non-hydrogen) atoms. The van der Waals surface area contributed by atoms with Crippen molar-refractivity contribution in [1.82, 2.24) is 15.6 Å². The van der Waals surface area contributed by atoms with Gasteiger partial charge in [-0.05, 0) is 20.4 Å². The standard InChI is InChI=1S/C10H17N3OS.ClH/c1-4-11-7(2)5-13-10(14)9-6-12-8(3)15-9;/h6-7,11H,4-5H2,1-3H3,(H,13,14);1H/t7-;/m1./s1. The second-order valence-corrected chi connectivity index (χ2v) is 4.65. The van der Waals surface area contributed by atoms with Gasteiger partial charge in [0.15, 0.2) is 0 Å². The van der Waals surface area contributed by atoms with Gasteiger partial charge in [-0.2, -0.15) is 0 Å². The largest absolute Gasteiger partial charge is 0.350 e. The number of aryl methyl sites for hydroxylation is 1. The summed E-state index contributed by atoms with van der Waals surface area (Å²) in [5, 5.41) is 7.01. The van der Waals surface area contributed by atoms with Gasteiger partial charge in [-0.3, -0.25) is 4.79 Å². The molecule has 1 aromatic heterocycles. The molecule has 0 saturated heterocycles. The zero-order valence-electron chi connectivity index (χ0n) is 9.74. The summed E-state index contributed by atoms with van der Waals surface area (Å²) in [6.45, 7) is 7.54. The highest BCUT2D eigenvalue weighted by Gasteiger charge is 2.09. The Kier molecular flexibility index (Phi) is 7.29. The van der Waals surface area contributed by atoms with E-state index < -0.39 is 0 Å². The monoisotopic (exact) mass is 263 g/mol. The second kappa shape index (κ2) is 7.60. The number of thiazole rings is 1. The summed E-state index contributed by atoms with van der Waals surface area (Å²) in [5.41, 5.74) is 0. The molecule has 0 aromatic carbocycles. The minimum atomic E-state index is -0.0367. The zero-order valence-corrected chi connectivity index (χ0v) is 11.4. The molecular weight excluding hydrogens is 246 g/mol. The van der Waals surface area contributed by atoms with Gasteiger partial charge in [-0.25, -0.2) is 4.98 Å². The van der Waals surface area contributed by atoms with Crippen molar-refractivity contribution in [3.05, 3.63) is 16.1 Å². The van der Waals surface area contributed by atoms with Crippen LogP contribution in [0.1, 0.15) is 28.5 Å². The predicted molar refractivity (Wildman–Crippen MR) is 69.6 cm³/mol. The van der Waals surface area contributed by atoms with Crippen molar-refractivity contribution in [2.45, 2.75) is 26.8 Å². The van der Waals surface area contributed by atoms with Crippen molar-refractivity contribution in [3.63, 3.8) is 0 Å². The molecule has 1 heterocycles. The van der Waals surface area contributed by atoms with Crippen LogP contribution in [0.15, 0.2) is 6.20 Å². The van der Waals surface area contributed by atoms with Crippen LogP contribution in [-0.4, -0.2) is 30.0 Å². The van der Waals surface area contributed by atoms with Crippen molar-refractivity contribution in [1.29, 1.82) is 0 Å². The highest BCUT2D eigenvalue weighted by atomic mass is 35.5. The van der Waals surface area contributed by atoms with E-state index in [0.717, 1.165) is 11.6 Å². The van der Waals surface area contributed by atoms with E-state index in [1.54, 1.807) is 6.20 Å². The van der Waals surface area contributed by atoms with Gasteiger partial charge in [-0.15, -0.1) is 23.7 Å². The smallest absolute Gasteiger partial charge is 0.263 e. The molecule has 0 bridgehead atoms. The van der Waals surface area contributed by atoms with E-state index in [4.69, 9.17) is 0 Å². The van der Waals surface area contributed by atoms with Gasteiger partial charge in [0.05, 0.1) is 11.2 Å². The molecule has 1 rings (SSSR count). The van der Waals surface area contributed by atoms with Crippen molar-refractivity contribution >= 4 is 29.7 Å². The summed E-state index contributed by atoms with van der Waals surface area (Å²) in [6, 6.07) is 0.299. The summed E-state index contributed by atoms with van der Waals surface area (Å²) in [7, 11) is 0. The molecule has 2 N–H and O–H groups in total. The number of halogens is 1. The van der Waals surface area contributed by atoms with Crippen LogP contribution >= 0.6 is 23.7 Å². The van der Waals surface area contributed by atoms with E-state index >= 15 is 0 Å². The number of hydrogen-bond acceptors (Lipinski definition) is 4. The average molecular weight is 264 g/mol. The van der Waals surface area contributed by atoms with Gasteiger partial charge in [0.2, 0.25) is 0 Å². The fraction of sp³-hybridized carbons (Fsp3) is 0.600. The van der Waals surface area contributed by atoms with E-state index in [1.807, 2.05) is 20.8 Å². The van der Waals surface area contributed by atoms with Crippen LogP contribution in [0, 0.1) is 6.92 Å². The van der Waals surface area contributed by atoms with Gasteiger partial charge < -0.3 is 10.6 Å². The Morgan fingerprint density at radius 2 is 2.31 bits per heavy atom. The Labute approximate surface area is 106 Å². The summed E-state index contributed by atoms with van der Waals surface area (Å²) in [4.78, 5) is 16.3. The van der Waals surface area contributed by atoms with Crippen molar-refractivity contribution in [3.8, 4) is 0 Å². The zero-order chi connectivity index (χ0) is 11.3. The van der Waals surface area contributed by atoms with E-state index in [0.29, 0.717) is 17.5 Å². The third-order valence-electron chi connectivity index (χ3n) is 1.97. The number of rotatable bonds is 5. The van der Waals surface area contributed by atoms with Crippen LogP contribution in [0.3, 0.4) is 0 Å². The Balaban J connectivity index is 0.00000225. The molecule has 1 atom stereocenters. The van der Waals surface area contributed by atoms with E-state index in [9.17, 15) is 4.79 Å². The number of hydrogen-bond donors (Lipinski definition) is 2. The van der Waals surface area contributed by atoms with Crippen LogP contribution in [0.25, 0.3) is 0 Å². The van der Waals surface area contributed by atoms with Crippen LogP contribution in [0.5, 0.6) is 0 Å². The number of nitrogens with zero attached hydrogens (tertiary/aromatic N) is 1. The fourth-order valence-corrected chi connectivity index (χ4v) is 1.91. The predicted octanol–water partition coefficient (Wildman–Crippen LogP) is 1.60. The third kappa shape index (κ3) is 4.92. The van der Waals surface area contributed by atoms with Gasteiger partial charge in [-0.1, -0.05) is 6.92 Å². The lowest BCUT2D eigenvalue weighted by Gasteiger charge is -2.12. The van der Waals surface area contributed by atoms with E-state index in [-0.39, 0.29) is 18.3 Å².